The first-order valence-corrected chi connectivity index (χ1v) is 11.0. The van der Waals surface area contributed by atoms with Gasteiger partial charge in [-0.25, -0.2) is 9.31 Å². The van der Waals surface area contributed by atoms with E-state index in [2.05, 4.69) is 30.9 Å². The number of hydrogen-bond acceptors (Lipinski definition) is 6. The van der Waals surface area contributed by atoms with Crippen molar-refractivity contribution in [3.63, 3.8) is 0 Å². The number of fused-ring (bicyclic) bond motifs is 1. The highest BCUT2D eigenvalue weighted by atomic mass is 32.2. The zero-order valence-corrected chi connectivity index (χ0v) is 18.4. The number of carbonyl (C=O) groups excluding carboxylic acids is 1. The first-order chi connectivity index (χ1) is 14.4. The first kappa shape index (κ1) is 20.8. The summed E-state index contributed by atoms with van der Waals surface area (Å²) in [6, 6.07) is 9.57. The SMILES string of the molecule is Cc1nn2cc(OOSc3ccccc3)c(C(=O)OC3C(C)CC(C)CC3C)c2[nH]1. The van der Waals surface area contributed by atoms with Gasteiger partial charge in [-0.15, -0.1) is 4.33 Å². The maximum atomic E-state index is 13.2. The van der Waals surface area contributed by atoms with Gasteiger partial charge in [-0.3, -0.25) is 0 Å². The number of benzene rings is 1. The van der Waals surface area contributed by atoms with Crippen LogP contribution in [-0.4, -0.2) is 26.7 Å². The topological polar surface area (TPSA) is 77.8 Å². The van der Waals surface area contributed by atoms with Crippen molar-refractivity contribution in [2.45, 2.75) is 51.5 Å². The molecular weight excluding hydrogens is 402 g/mol. The molecule has 160 valence electrons. The van der Waals surface area contributed by atoms with Crippen LogP contribution in [0.25, 0.3) is 5.65 Å². The van der Waals surface area contributed by atoms with Gasteiger partial charge in [0, 0.05) is 4.90 Å². The average Bonchev–Trinajstić information content (AvgIpc) is 3.20. The van der Waals surface area contributed by atoms with Crippen molar-refractivity contribution in [3.05, 3.63) is 47.9 Å². The van der Waals surface area contributed by atoms with Crippen molar-refractivity contribution in [3.8, 4) is 5.75 Å². The quantitative estimate of drug-likeness (QED) is 0.251. The average molecular weight is 430 g/mol. The lowest BCUT2D eigenvalue weighted by Gasteiger charge is -2.37. The second kappa shape index (κ2) is 8.73. The molecule has 30 heavy (non-hydrogen) atoms. The molecule has 2 atom stereocenters. The molecule has 1 aliphatic carbocycles. The van der Waals surface area contributed by atoms with Gasteiger partial charge in [0.1, 0.15) is 11.9 Å². The van der Waals surface area contributed by atoms with Crippen LogP contribution in [0, 0.1) is 24.7 Å². The van der Waals surface area contributed by atoms with E-state index in [9.17, 15) is 4.79 Å². The van der Waals surface area contributed by atoms with E-state index in [0.29, 0.717) is 34.8 Å². The van der Waals surface area contributed by atoms with Crippen molar-refractivity contribution in [1.29, 1.82) is 0 Å². The molecule has 1 saturated carbocycles. The van der Waals surface area contributed by atoms with Crippen LogP contribution in [0.5, 0.6) is 5.75 Å². The molecule has 0 bridgehead atoms. The minimum Gasteiger partial charge on any atom is -0.458 e. The first-order valence-electron chi connectivity index (χ1n) is 10.3. The number of esters is 1. The molecular formula is C22H27N3O4S. The Morgan fingerprint density at radius 3 is 2.57 bits per heavy atom. The summed E-state index contributed by atoms with van der Waals surface area (Å²) in [5, 5.41) is 4.34. The number of aryl methyl sites for hydroxylation is 1. The molecule has 0 radical (unpaired) electrons. The molecule has 2 aromatic heterocycles. The molecule has 2 heterocycles. The fourth-order valence-corrected chi connectivity index (χ4v) is 4.92. The van der Waals surface area contributed by atoms with E-state index in [-0.39, 0.29) is 11.9 Å². The standard InChI is InChI=1S/C22H27N3O4S/c1-13-10-14(2)20(15(3)11-13)27-22(26)19-18(12-25-21(19)23-16(4)24-25)28-29-30-17-8-6-5-7-9-17/h5-9,12-15,20H,10-11H2,1-4H3,(H,23,24). The van der Waals surface area contributed by atoms with Gasteiger partial charge in [-0.05, 0) is 49.7 Å². The summed E-state index contributed by atoms with van der Waals surface area (Å²) in [5.74, 6) is 1.80. The molecule has 1 aromatic carbocycles. The number of aromatic nitrogens is 3. The summed E-state index contributed by atoms with van der Waals surface area (Å²) in [7, 11) is 0. The molecule has 3 aromatic rings. The molecule has 0 amide bonds. The number of hydrogen-bond donors (Lipinski definition) is 1. The van der Waals surface area contributed by atoms with E-state index < -0.39 is 5.97 Å². The van der Waals surface area contributed by atoms with E-state index in [1.165, 1.54) is 0 Å². The van der Waals surface area contributed by atoms with Gasteiger partial charge < -0.3 is 14.6 Å². The highest BCUT2D eigenvalue weighted by Crippen LogP contribution is 2.36. The number of carbonyl (C=O) groups is 1. The predicted molar refractivity (Wildman–Crippen MR) is 114 cm³/mol. The lowest BCUT2D eigenvalue weighted by Crippen LogP contribution is -2.37. The number of nitrogens with zero attached hydrogens (tertiary/aromatic N) is 2. The molecule has 7 nitrogen and oxygen atoms in total. The van der Waals surface area contributed by atoms with E-state index in [1.54, 1.807) is 10.7 Å². The Balaban J connectivity index is 1.53. The van der Waals surface area contributed by atoms with Crippen LogP contribution in [0.15, 0.2) is 41.4 Å². The lowest BCUT2D eigenvalue weighted by atomic mass is 9.75. The van der Waals surface area contributed by atoms with Gasteiger partial charge in [-0.2, -0.15) is 5.10 Å². The van der Waals surface area contributed by atoms with Gasteiger partial charge in [-0.1, -0.05) is 39.0 Å². The lowest BCUT2D eigenvalue weighted by molar-refractivity contribution is -0.0792. The van der Waals surface area contributed by atoms with Crippen molar-refractivity contribution < 1.29 is 18.8 Å². The Kier molecular flexibility index (Phi) is 6.06. The zero-order valence-electron chi connectivity index (χ0n) is 17.6. The molecule has 0 spiro atoms. The fraction of sp³-hybridized carbons (Fsp3) is 0.455. The zero-order chi connectivity index (χ0) is 21.3. The van der Waals surface area contributed by atoms with Crippen LogP contribution in [0.4, 0.5) is 0 Å². The van der Waals surface area contributed by atoms with Crippen LogP contribution >= 0.6 is 12.0 Å². The van der Waals surface area contributed by atoms with Gasteiger partial charge in [0.25, 0.3) is 0 Å². The molecule has 1 fully saturated rings. The summed E-state index contributed by atoms with van der Waals surface area (Å²) >= 11 is 1.07. The van der Waals surface area contributed by atoms with Crippen LogP contribution in [0.2, 0.25) is 0 Å². The number of ether oxygens (including phenoxy) is 1. The Morgan fingerprint density at radius 2 is 1.87 bits per heavy atom. The minimum atomic E-state index is -0.428. The summed E-state index contributed by atoms with van der Waals surface area (Å²) in [6.45, 7) is 8.38. The fourth-order valence-electron chi connectivity index (χ4n) is 4.47. The summed E-state index contributed by atoms with van der Waals surface area (Å²) < 4.78 is 12.9. The molecule has 0 saturated heterocycles. The highest BCUT2D eigenvalue weighted by Gasteiger charge is 2.36. The van der Waals surface area contributed by atoms with Crippen molar-refractivity contribution in [2.24, 2.45) is 17.8 Å². The number of rotatable bonds is 6. The van der Waals surface area contributed by atoms with Gasteiger partial charge in [0.05, 0.1) is 18.2 Å². The highest BCUT2D eigenvalue weighted by molar-refractivity contribution is 7.94. The molecule has 0 aliphatic heterocycles. The largest absolute Gasteiger partial charge is 0.458 e. The third-order valence-corrected chi connectivity index (χ3v) is 6.22. The molecule has 8 heteroatoms. The van der Waals surface area contributed by atoms with Crippen LogP contribution in [0.3, 0.4) is 0 Å². The smallest absolute Gasteiger partial charge is 0.346 e. The Labute approximate surface area is 180 Å². The molecule has 4 rings (SSSR count). The van der Waals surface area contributed by atoms with Crippen LogP contribution in [-0.2, 0) is 9.07 Å². The van der Waals surface area contributed by atoms with Crippen LogP contribution in [0.1, 0.15) is 49.8 Å². The van der Waals surface area contributed by atoms with Crippen molar-refractivity contribution in [2.75, 3.05) is 0 Å². The number of aromatic amines is 1. The van der Waals surface area contributed by atoms with Crippen molar-refractivity contribution >= 4 is 23.7 Å². The third-order valence-electron chi connectivity index (χ3n) is 5.62. The minimum absolute atomic E-state index is 0.125. The third kappa shape index (κ3) is 4.34. The Hall–Kier alpha value is -2.45. The normalized spacial score (nSPS) is 24.1. The second-order valence-electron chi connectivity index (χ2n) is 8.32. The van der Waals surface area contributed by atoms with E-state index in [1.807, 2.05) is 37.3 Å². The molecule has 1 aliphatic rings. The summed E-state index contributed by atoms with van der Waals surface area (Å²) in [4.78, 5) is 22.7. The van der Waals surface area contributed by atoms with E-state index in [4.69, 9.17) is 14.0 Å². The monoisotopic (exact) mass is 429 g/mol. The summed E-state index contributed by atoms with van der Waals surface area (Å²) in [6.07, 6.45) is 3.60. The van der Waals surface area contributed by atoms with E-state index >= 15 is 0 Å². The Bertz CT molecular complexity index is 1000. The molecule has 1 N–H and O–H groups in total. The van der Waals surface area contributed by atoms with Gasteiger partial charge in [0.2, 0.25) is 5.75 Å². The molecule has 2 unspecified atom stereocenters. The maximum absolute atomic E-state index is 13.2. The maximum Gasteiger partial charge on any atom is 0.346 e. The second-order valence-corrected chi connectivity index (χ2v) is 9.09. The predicted octanol–water partition coefficient (Wildman–Crippen LogP) is 5.22. The van der Waals surface area contributed by atoms with Gasteiger partial charge >= 0.3 is 5.97 Å². The number of nitrogens with one attached hydrogen (secondary N) is 1. The summed E-state index contributed by atoms with van der Waals surface area (Å²) in [5.41, 5.74) is 0.826. The number of H-pyrrole nitrogens is 1. The Morgan fingerprint density at radius 1 is 1.17 bits per heavy atom. The van der Waals surface area contributed by atoms with Gasteiger partial charge in [0.15, 0.2) is 11.2 Å². The van der Waals surface area contributed by atoms with Crippen LogP contribution < -0.4 is 4.89 Å². The van der Waals surface area contributed by atoms with E-state index in [0.717, 1.165) is 29.8 Å². The van der Waals surface area contributed by atoms with Crippen molar-refractivity contribution in [1.82, 2.24) is 14.6 Å².